The Labute approximate surface area is 231 Å². The zero-order valence-corrected chi connectivity index (χ0v) is 23.3. The molecule has 0 aliphatic carbocycles. The molecule has 0 saturated carbocycles. The van der Waals surface area contributed by atoms with Gasteiger partial charge in [-0.25, -0.2) is 13.2 Å². The van der Waals surface area contributed by atoms with Crippen LogP contribution in [0, 0.1) is 0 Å². The Kier molecular flexibility index (Phi) is 11.8. The van der Waals surface area contributed by atoms with E-state index in [1.807, 2.05) is 12.1 Å². The summed E-state index contributed by atoms with van der Waals surface area (Å²) in [6.45, 7) is 6.21. The summed E-state index contributed by atoms with van der Waals surface area (Å²) in [6.07, 6.45) is -5.08. The number of alkyl halides is 3. The summed E-state index contributed by atoms with van der Waals surface area (Å²) in [5.74, 6) is -2.76. The van der Waals surface area contributed by atoms with E-state index in [0.29, 0.717) is 10.7 Å². The SMILES string of the molecule is CCN(CCN(C)C)Cc1ccc(-c2ccc(NS(=O)(=O)c3cccc(Cl)c3)cc2)cc1.O=C(O)C(F)(F)F. The van der Waals surface area contributed by atoms with E-state index in [0.717, 1.165) is 37.3 Å². The molecule has 0 atom stereocenters. The summed E-state index contributed by atoms with van der Waals surface area (Å²) >= 11 is 5.92. The van der Waals surface area contributed by atoms with Crippen LogP contribution in [-0.2, 0) is 21.4 Å². The van der Waals surface area contributed by atoms with Gasteiger partial charge in [-0.15, -0.1) is 0 Å². The Balaban J connectivity index is 0.000000673. The van der Waals surface area contributed by atoms with Crippen molar-refractivity contribution in [2.75, 3.05) is 38.5 Å². The van der Waals surface area contributed by atoms with Crippen molar-refractivity contribution in [3.63, 3.8) is 0 Å². The molecule has 0 aliphatic heterocycles. The molecule has 0 spiro atoms. The topological polar surface area (TPSA) is 90.0 Å². The molecule has 3 aromatic carbocycles. The molecule has 0 unspecified atom stereocenters. The number of likely N-dealkylation sites (N-methyl/N-ethyl adjacent to an activating group) is 2. The molecule has 3 aromatic rings. The molecule has 212 valence electrons. The van der Waals surface area contributed by atoms with Crippen LogP contribution in [0.3, 0.4) is 0 Å². The first-order valence-electron chi connectivity index (χ1n) is 11.9. The van der Waals surface area contributed by atoms with Gasteiger partial charge < -0.3 is 10.0 Å². The van der Waals surface area contributed by atoms with E-state index >= 15 is 0 Å². The maximum absolute atomic E-state index is 12.6. The van der Waals surface area contributed by atoms with Gasteiger partial charge in [-0.05, 0) is 67.7 Å². The van der Waals surface area contributed by atoms with E-state index in [4.69, 9.17) is 21.5 Å². The molecule has 0 aromatic heterocycles. The monoisotopic (exact) mass is 585 g/mol. The fraction of sp³-hybridized carbons (Fsp3) is 0.296. The van der Waals surface area contributed by atoms with E-state index in [1.165, 1.54) is 17.7 Å². The smallest absolute Gasteiger partial charge is 0.475 e. The highest BCUT2D eigenvalue weighted by molar-refractivity contribution is 7.92. The van der Waals surface area contributed by atoms with Gasteiger partial charge >= 0.3 is 12.1 Å². The zero-order valence-electron chi connectivity index (χ0n) is 21.7. The van der Waals surface area contributed by atoms with Crippen molar-refractivity contribution in [2.45, 2.75) is 24.5 Å². The van der Waals surface area contributed by atoms with Gasteiger partial charge in [0.05, 0.1) is 4.90 Å². The Morgan fingerprint density at radius 3 is 1.95 bits per heavy atom. The van der Waals surface area contributed by atoms with Gasteiger partial charge in [-0.3, -0.25) is 9.62 Å². The first kappa shape index (κ1) is 32.1. The van der Waals surface area contributed by atoms with Crippen molar-refractivity contribution in [1.82, 2.24) is 9.80 Å². The number of anilines is 1. The average Bonchev–Trinajstić information content (AvgIpc) is 2.87. The van der Waals surface area contributed by atoms with Crippen LogP contribution in [0.25, 0.3) is 11.1 Å². The van der Waals surface area contributed by atoms with Gasteiger partial charge in [0.2, 0.25) is 0 Å². The number of nitrogens with zero attached hydrogens (tertiary/aromatic N) is 2. The molecule has 12 heteroatoms. The molecule has 0 radical (unpaired) electrons. The molecular weight excluding hydrogens is 555 g/mol. The lowest BCUT2D eigenvalue weighted by Gasteiger charge is -2.22. The van der Waals surface area contributed by atoms with Crippen molar-refractivity contribution in [2.24, 2.45) is 0 Å². The van der Waals surface area contributed by atoms with Crippen LogP contribution in [-0.4, -0.2) is 69.2 Å². The Morgan fingerprint density at radius 1 is 0.949 bits per heavy atom. The van der Waals surface area contributed by atoms with Crippen molar-refractivity contribution in [1.29, 1.82) is 0 Å². The molecule has 2 N–H and O–H groups in total. The van der Waals surface area contributed by atoms with Crippen molar-refractivity contribution < 1.29 is 31.5 Å². The molecule has 0 bridgehead atoms. The molecule has 0 fully saturated rings. The minimum atomic E-state index is -5.08. The van der Waals surface area contributed by atoms with Gasteiger partial charge in [0.25, 0.3) is 10.0 Å². The highest BCUT2D eigenvalue weighted by atomic mass is 35.5. The Hall–Kier alpha value is -3.12. The summed E-state index contributed by atoms with van der Waals surface area (Å²) in [4.78, 5) is 13.7. The first-order valence-corrected chi connectivity index (χ1v) is 13.7. The highest BCUT2D eigenvalue weighted by Gasteiger charge is 2.38. The number of halogens is 4. The van der Waals surface area contributed by atoms with Crippen LogP contribution >= 0.6 is 11.6 Å². The largest absolute Gasteiger partial charge is 0.490 e. The van der Waals surface area contributed by atoms with Crippen molar-refractivity contribution in [3.05, 3.63) is 83.4 Å². The summed E-state index contributed by atoms with van der Waals surface area (Å²) in [7, 11) is 0.501. The number of hydrogen-bond donors (Lipinski definition) is 2. The number of sulfonamides is 1. The second-order valence-electron chi connectivity index (χ2n) is 8.81. The van der Waals surface area contributed by atoms with Crippen molar-refractivity contribution >= 4 is 33.3 Å². The van der Waals surface area contributed by atoms with Gasteiger partial charge in [0, 0.05) is 30.3 Å². The third-order valence-corrected chi connectivity index (χ3v) is 7.10. The van der Waals surface area contributed by atoms with Crippen LogP contribution in [0.1, 0.15) is 12.5 Å². The number of rotatable bonds is 10. The predicted molar refractivity (Wildman–Crippen MR) is 147 cm³/mol. The fourth-order valence-electron chi connectivity index (χ4n) is 3.33. The summed E-state index contributed by atoms with van der Waals surface area (Å²) in [5.41, 5.74) is 3.90. The van der Waals surface area contributed by atoms with Gasteiger partial charge in [0.1, 0.15) is 0 Å². The molecular formula is C27H31ClF3N3O4S. The lowest BCUT2D eigenvalue weighted by Crippen LogP contribution is -2.31. The molecule has 0 heterocycles. The van der Waals surface area contributed by atoms with Crippen LogP contribution in [0.15, 0.2) is 77.7 Å². The average molecular weight is 586 g/mol. The quantitative estimate of drug-likeness (QED) is 0.311. The Morgan fingerprint density at radius 2 is 1.49 bits per heavy atom. The van der Waals surface area contributed by atoms with E-state index < -0.39 is 22.2 Å². The summed E-state index contributed by atoms with van der Waals surface area (Å²) in [5, 5.41) is 7.51. The molecule has 7 nitrogen and oxygen atoms in total. The number of benzene rings is 3. The van der Waals surface area contributed by atoms with Crippen LogP contribution < -0.4 is 4.72 Å². The number of carboxylic acid groups (broad SMARTS) is 1. The van der Waals surface area contributed by atoms with Gasteiger partial charge in [0.15, 0.2) is 0 Å². The normalized spacial score (nSPS) is 11.7. The molecule has 3 rings (SSSR count). The Bertz CT molecular complexity index is 1320. The van der Waals surface area contributed by atoms with Crippen molar-refractivity contribution in [3.8, 4) is 11.1 Å². The highest BCUT2D eigenvalue weighted by Crippen LogP contribution is 2.24. The molecule has 0 amide bonds. The first-order chi connectivity index (χ1) is 18.2. The van der Waals surface area contributed by atoms with Gasteiger partial charge in [-0.2, -0.15) is 13.2 Å². The molecule has 0 aliphatic rings. The van der Waals surface area contributed by atoms with E-state index in [-0.39, 0.29) is 4.90 Å². The molecule has 0 saturated heterocycles. The third kappa shape index (κ3) is 10.9. The van der Waals surface area contributed by atoms with E-state index in [2.05, 4.69) is 59.8 Å². The maximum Gasteiger partial charge on any atom is 0.490 e. The maximum atomic E-state index is 12.6. The minimum absolute atomic E-state index is 0.136. The van der Waals surface area contributed by atoms with E-state index in [9.17, 15) is 21.6 Å². The number of hydrogen-bond acceptors (Lipinski definition) is 5. The minimum Gasteiger partial charge on any atom is -0.475 e. The number of carboxylic acids is 1. The second-order valence-corrected chi connectivity index (χ2v) is 10.9. The number of aliphatic carboxylic acids is 1. The summed E-state index contributed by atoms with van der Waals surface area (Å²) < 4.78 is 59.5. The number of carbonyl (C=O) groups is 1. The van der Waals surface area contributed by atoms with Crippen LogP contribution in [0.4, 0.5) is 18.9 Å². The zero-order chi connectivity index (χ0) is 29.2. The standard InChI is InChI=1S/C25H30ClN3O2S.C2HF3O2/c1-4-29(17-16-28(2)3)19-20-8-10-21(11-9-20)22-12-14-24(15-13-22)27-32(30,31)25-7-5-6-23(26)18-25;3-2(4,5)1(6)7/h5-15,18,27H,4,16-17,19H2,1-3H3;(H,6,7). The summed E-state index contributed by atoms with van der Waals surface area (Å²) in [6, 6.07) is 22.1. The van der Waals surface area contributed by atoms with Crippen LogP contribution in [0.5, 0.6) is 0 Å². The number of nitrogens with one attached hydrogen (secondary N) is 1. The fourth-order valence-corrected chi connectivity index (χ4v) is 4.69. The van der Waals surface area contributed by atoms with E-state index in [1.54, 1.807) is 24.3 Å². The lowest BCUT2D eigenvalue weighted by atomic mass is 10.0. The lowest BCUT2D eigenvalue weighted by molar-refractivity contribution is -0.192. The second kappa shape index (κ2) is 14.3. The van der Waals surface area contributed by atoms with Crippen LogP contribution in [0.2, 0.25) is 5.02 Å². The third-order valence-electron chi connectivity index (χ3n) is 5.49. The van der Waals surface area contributed by atoms with Gasteiger partial charge in [-0.1, -0.05) is 61.0 Å². The predicted octanol–water partition coefficient (Wildman–Crippen LogP) is 5.82. The molecule has 39 heavy (non-hydrogen) atoms.